The number of rotatable bonds is 6. The molecule has 1 aliphatic heterocycles. The second kappa shape index (κ2) is 6.74. The van der Waals surface area contributed by atoms with Crippen LogP contribution in [0.4, 0.5) is 0 Å². The van der Waals surface area contributed by atoms with Gasteiger partial charge in [0.25, 0.3) is 5.91 Å². The van der Waals surface area contributed by atoms with Crippen molar-refractivity contribution in [2.24, 2.45) is 0 Å². The molecule has 1 aliphatic rings. The van der Waals surface area contributed by atoms with E-state index in [9.17, 15) is 13.2 Å². The number of aryl methyl sites for hydroxylation is 1. The summed E-state index contributed by atoms with van der Waals surface area (Å²) in [6.45, 7) is 2.40. The number of hydrogen-bond acceptors (Lipinski definition) is 5. The maximum Gasteiger partial charge on any atom is 0.253 e. The molecule has 1 fully saturated rings. The zero-order valence-corrected chi connectivity index (χ0v) is 14.1. The van der Waals surface area contributed by atoms with Crippen molar-refractivity contribution in [2.45, 2.75) is 25.1 Å². The molecule has 0 aliphatic carbocycles. The fourth-order valence-corrected chi connectivity index (χ4v) is 3.79. The van der Waals surface area contributed by atoms with Gasteiger partial charge in [-0.2, -0.15) is 0 Å². The lowest BCUT2D eigenvalue weighted by molar-refractivity contribution is 0.0658. The molecule has 2 heterocycles. The van der Waals surface area contributed by atoms with Gasteiger partial charge < -0.3 is 9.42 Å². The van der Waals surface area contributed by atoms with Gasteiger partial charge in [-0.3, -0.25) is 4.79 Å². The lowest BCUT2D eigenvalue weighted by Gasteiger charge is -2.38. The highest BCUT2D eigenvalue weighted by Gasteiger charge is 2.39. The minimum absolute atomic E-state index is 0.0679. The molecule has 3 rings (SSSR count). The molecule has 7 nitrogen and oxygen atoms in total. The Morgan fingerprint density at radius 2 is 2.04 bits per heavy atom. The average molecular weight is 349 g/mol. The second-order valence-corrected chi connectivity index (χ2v) is 7.75. The van der Waals surface area contributed by atoms with Crippen LogP contribution in [0.3, 0.4) is 0 Å². The predicted molar refractivity (Wildman–Crippen MR) is 87.8 cm³/mol. The van der Waals surface area contributed by atoms with Gasteiger partial charge >= 0.3 is 0 Å². The summed E-state index contributed by atoms with van der Waals surface area (Å²) in [4.78, 5) is 13.7. The van der Waals surface area contributed by atoms with E-state index in [0.29, 0.717) is 11.3 Å². The molecule has 128 valence electrons. The van der Waals surface area contributed by atoms with Crippen molar-refractivity contribution in [1.82, 2.24) is 14.8 Å². The molecule has 1 aromatic carbocycles. The molecule has 24 heavy (non-hydrogen) atoms. The van der Waals surface area contributed by atoms with Gasteiger partial charge in [0.1, 0.15) is 5.25 Å². The fourth-order valence-electron chi connectivity index (χ4n) is 2.46. The number of amides is 1. The molecule has 0 bridgehead atoms. The van der Waals surface area contributed by atoms with Gasteiger partial charge in [-0.15, -0.1) is 0 Å². The summed E-state index contributed by atoms with van der Waals surface area (Å²) < 4.78 is 32.1. The Labute approximate surface area is 140 Å². The van der Waals surface area contributed by atoms with E-state index in [1.54, 1.807) is 30.3 Å². The summed E-state index contributed by atoms with van der Waals surface area (Å²) in [7, 11) is -3.50. The molecule has 1 N–H and O–H groups in total. The lowest BCUT2D eigenvalue weighted by atomic mass is 10.1. The Morgan fingerprint density at radius 1 is 1.33 bits per heavy atom. The number of carbonyl (C=O) groups excluding carboxylic acids is 1. The molecular weight excluding hydrogens is 330 g/mol. The van der Waals surface area contributed by atoms with Crippen LogP contribution in [0.1, 0.15) is 28.7 Å². The minimum Gasteiger partial charge on any atom is -0.360 e. The van der Waals surface area contributed by atoms with Crippen LogP contribution in [0.15, 0.2) is 40.9 Å². The standard InChI is InChI=1S/C16H19N3O4S/c1-2-13-8-14(23-18-13)9-17-24(21,22)15-10-19(11-15)16(20)12-6-4-3-5-7-12/h3-8,15,17H,2,9-11H2,1H3. The summed E-state index contributed by atoms with van der Waals surface area (Å²) >= 11 is 0. The van der Waals surface area contributed by atoms with Crippen LogP contribution in [0.5, 0.6) is 0 Å². The van der Waals surface area contributed by atoms with Gasteiger partial charge in [-0.25, -0.2) is 13.1 Å². The first kappa shape index (κ1) is 16.7. The Bertz CT molecular complexity index is 811. The molecule has 0 unspecified atom stereocenters. The van der Waals surface area contributed by atoms with Gasteiger partial charge in [-0.1, -0.05) is 30.3 Å². The molecule has 1 saturated heterocycles. The Kier molecular flexibility index (Phi) is 4.68. The zero-order valence-electron chi connectivity index (χ0n) is 13.3. The van der Waals surface area contributed by atoms with Crippen LogP contribution in [0.25, 0.3) is 0 Å². The zero-order chi connectivity index (χ0) is 17.2. The van der Waals surface area contributed by atoms with Gasteiger partial charge in [0, 0.05) is 24.7 Å². The van der Waals surface area contributed by atoms with E-state index < -0.39 is 15.3 Å². The van der Waals surface area contributed by atoms with Crippen molar-refractivity contribution in [3.8, 4) is 0 Å². The maximum absolute atomic E-state index is 12.3. The van der Waals surface area contributed by atoms with Crippen LogP contribution >= 0.6 is 0 Å². The highest BCUT2D eigenvalue weighted by molar-refractivity contribution is 7.90. The molecule has 8 heteroatoms. The Hall–Kier alpha value is -2.19. The number of nitrogens with one attached hydrogen (secondary N) is 1. The normalized spacial score (nSPS) is 15.3. The van der Waals surface area contributed by atoms with Crippen molar-refractivity contribution in [1.29, 1.82) is 0 Å². The van der Waals surface area contributed by atoms with Crippen molar-refractivity contribution < 1.29 is 17.7 Å². The largest absolute Gasteiger partial charge is 0.360 e. The van der Waals surface area contributed by atoms with Gasteiger partial charge in [-0.05, 0) is 18.6 Å². The van der Waals surface area contributed by atoms with Crippen LogP contribution in [0, 0.1) is 0 Å². The van der Waals surface area contributed by atoms with E-state index in [-0.39, 0.29) is 25.5 Å². The molecule has 1 aromatic heterocycles. The van der Waals surface area contributed by atoms with Crippen LogP contribution in [0.2, 0.25) is 0 Å². The minimum atomic E-state index is -3.50. The molecule has 0 radical (unpaired) electrons. The predicted octanol–water partition coefficient (Wildman–Crippen LogP) is 1.18. The van der Waals surface area contributed by atoms with E-state index in [2.05, 4.69) is 9.88 Å². The summed E-state index contributed by atoms with van der Waals surface area (Å²) in [5.41, 5.74) is 1.35. The first-order valence-electron chi connectivity index (χ1n) is 7.77. The topological polar surface area (TPSA) is 92.5 Å². The van der Waals surface area contributed by atoms with Crippen molar-refractivity contribution in [3.63, 3.8) is 0 Å². The number of carbonyl (C=O) groups is 1. The molecule has 0 spiro atoms. The van der Waals surface area contributed by atoms with Gasteiger partial charge in [0.2, 0.25) is 10.0 Å². The van der Waals surface area contributed by atoms with Crippen molar-refractivity contribution >= 4 is 15.9 Å². The Balaban J connectivity index is 1.53. The SMILES string of the molecule is CCc1cc(CNS(=O)(=O)C2CN(C(=O)c3ccccc3)C2)on1. The number of benzene rings is 1. The highest BCUT2D eigenvalue weighted by Crippen LogP contribution is 2.19. The monoisotopic (exact) mass is 349 g/mol. The van der Waals surface area contributed by atoms with Gasteiger partial charge in [0.15, 0.2) is 5.76 Å². The number of likely N-dealkylation sites (tertiary alicyclic amines) is 1. The molecule has 1 amide bonds. The van der Waals surface area contributed by atoms with Crippen LogP contribution in [-0.2, 0) is 23.0 Å². The fraction of sp³-hybridized carbons (Fsp3) is 0.375. The lowest BCUT2D eigenvalue weighted by Crippen LogP contribution is -2.59. The number of aromatic nitrogens is 1. The first-order valence-corrected chi connectivity index (χ1v) is 9.31. The summed E-state index contributed by atoms with van der Waals surface area (Å²) in [6, 6.07) is 10.6. The van der Waals surface area contributed by atoms with Gasteiger partial charge in [0.05, 0.1) is 12.2 Å². The van der Waals surface area contributed by atoms with E-state index in [4.69, 9.17) is 4.52 Å². The van der Waals surface area contributed by atoms with Crippen molar-refractivity contribution in [3.05, 3.63) is 53.4 Å². The number of nitrogens with zero attached hydrogens (tertiary/aromatic N) is 2. The van der Waals surface area contributed by atoms with Crippen molar-refractivity contribution in [2.75, 3.05) is 13.1 Å². The van der Waals surface area contributed by atoms with E-state index in [1.165, 1.54) is 4.90 Å². The third kappa shape index (κ3) is 3.49. The number of sulfonamides is 1. The molecule has 0 atom stereocenters. The third-order valence-corrected chi connectivity index (χ3v) is 5.73. The van der Waals surface area contributed by atoms with Crippen LogP contribution in [-0.4, -0.2) is 42.7 Å². The smallest absolute Gasteiger partial charge is 0.253 e. The number of hydrogen-bond donors (Lipinski definition) is 1. The summed E-state index contributed by atoms with van der Waals surface area (Å²) in [5, 5.41) is 3.22. The summed E-state index contributed by atoms with van der Waals surface area (Å²) in [5.74, 6) is 0.330. The van der Waals surface area contributed by atoms with E-state index in [1.807, 2.05) is 13.0 Å². The highest BCUT2D eigenvalue weighted by atomic mass is 32.2. The Morgan fingerprint density at radius 3 is 2.67 bits per heavy atom. The summed E-state index contributed by atoms with van der Waals surface area (Å²) in [6.07, 6.45) is 0.732. The van der Waals surface area contributed by atoms with E-state index >= 15 is 0 Å². The molecular formula is C16H19N3O4S. The average Bonchev–Trinajstić information content (AvgIpc) is 3.00. The van der Waals surface area contributed by atoms with Crippen LogP contribution < -0.4 is 4.72 Å². The third-order valence-electron chi connectivity index (χ3n) is 4.01. The molecule has 2 aromatic rings. The first-order chi connectivity index (χ1) is 11.5. The maximum atomic E-state index is 12.3. The molecule has 0 saturated carbocycles. The quantitative estimate of drug-likeness (QED) is 0.845. The second-order valence-electron chi connectivity index (χ2n) is 5.70. The van der Waals surface area contributed by atoms with E-state index in [0.717, 1.165) is 12.1 Å².